The summed E-state index contributed by atoms with van der Waals surface area (Å²) in [5, 5.41) is 7.27. The molecule has 0 saturated heterocycles. The highest BCUT2D eigenvalue weighted by Gasteiger charge is 2.20. The van der Waals surface area contributed by atoms with Crippen molar-refractivity contribution in [1.82, 2.24) is 9.78 Å². The predicted molar refractivity (Wildman–Crippen MR) is 85.7 cm³/mol. The van der Waals surface area contributed by atoms with Crippen molar-refractivity contribution in [2.45, 2.75) is 26.8 Å². The first-order chi connectivity index (χ1) is 9.93. The van der Waals surface area contributed by atoms with Gasteiger partial charge < -0.3 is 10.1 Å². The van der Waals surface area contributed by atoms with E-state index in [0.717, 1.165) is 15.9 Å². The maximum absolute atomic E-state index is 12.4. The van der Waals surface area contributed by atoms with Gasteiger partial charge in [-0.3, -0.25) is 9.48 Å². The molecule has 1 aromatic carbocycles. The number of nitrogens with zero attached hydrogens (tertiary/aromatic N) is 2. The van der Waals surface area contributed by atoms with Gasteiger partial charge in [-0.1, -0.05) is 6.07 Å². The number of rotatable bonds is 4. The van der Waals surface area contributed by atoms with Crippen molar-refractivity contribution in [2.24, 2.45) is 0 Å². The van der Waals surface area contributed by atoms with E-state index < -0.39 is 6.04 Å². The van der Waals surface area contributed by atoms with E-state index in [0.29, 0.717) is 11.4 Å². The molecule has 0 aliphatic rings. The molecule has 1 atom stereocenters. The molecule has 112 valence electrons. The normalized spacial score (nSPS) is 12.0. The molecule has 21 heavy (non-hydrogen) atoms. The average Bonchev–Trinajstić information content (AvgIpc) is 2.74. The van der Waals surface area contributed by atoms with Gasteiger partial charge in [0, 0.05) is 11.8 Å². The Morgan fingerprint density at radius 2 is 2.14 bits per heavy atom. The van der Waals surface area contributed by atoms with Gasteiger partial charge >= 0.3 is 0 Å². The molecule has 5 nitrogen and oxygen atoms in total. The van der Waals surface area contributed by atoms with Crippen LogP contribution in [0.1, 0.15) is 24.4 Å². The molecular weight excluding hydrogens is 334 g/mol. The highest BCUT2D eigenvalue weighted by molar-refractivity contribution is 9.10. The smallest absolute Gasteiger partial charge is 0.248 e. The molecule has 6 heteroatoms. The summed E-state index contributed by atoms with van der Waals surface area (Å²) < 4.78 is 7.80. The monoisotopic (exact) mass is 351 g/mol. The summed E-state index contributed by atoms with van der Waals surface area (Å²) in [5.74, 6) is 0.579. The van der Waals surface area contributed by atoms with E-state index in [2.05, 4.69) is 26.3 Å². The van der Waals surface area contributed by atoms with Crippen LogP contribution >= 0.6 is 15.9 Å². The van der Waals surface area contributed by atoms with Gasteiger partial charge in [0.05, 0.1) is 23.0 Å². The molecule has 0 aliphatic carbocycles. The zero-order valence-corrected chi connectivity index (χ0v) is 14.1. The van der Waals surface area contributed by atoms with Crippen LogP contribution in [0, 0.1) is 13.8 Å². The molecule has 0 aliphatic heterocycles. The Bertz CT molecular complexity index is 667. The molecule has 1 N–H and O–H groups in total. The van der Waals surface area contributed by atoms with Crippen molar-refractivity contribution in [3.63, 3.8) is 0 Å². The van der Waals surface area contributed by atoms with E-state index in [4.69, 9.17) is 4.74 Å². The number of carbonyl (C=O) groups is 1. The van der Waals surface area contributed by atoms with Gasteiger partial charge in [0.15, 0.2) is 0 Å². The second kappa shape index (κ2) is 6.30. The van der Waals surface area contributed by atoms with Crippen LogP contribution in [0.5, 0.6) is 5.75 Å². The molecule has 2 aromatic rings. The Balaban J connectivity index is 2.17. The topological polar surface area (TPSA) is 56.1 Å². The van der Waals surface area contributed by atoms with Crippen molar-refractivity contribution in [1.29, 1.82) is 0 Å². The number of methoxy groups -OCH3 is 1. The minimum absolute atomic E-state index is 0.124. The van der Waals surface area contributed by atoms with Crippen molar-refractivity contribution in [2.75, 3.05) is 12.4 Å². The summed E-state index contributed by atoms with van der Waals surface area (Å²) in [4.78, 5) is 12.4. The van der Waals surface area contributed by atoms with Crippen molar-refractivity contribution >= 4 is 27.5 Å². The standard InChI is InChI=1S/C15H18BrN3O2/c1-9-14(16)10(2)19(18-9)11(3)15(20)17-12-6-5-7-13(8-12)21-4/h5-8,11H,1-4H3,(H,17,20). The molecule has 1 aromatic heterocycles. The van der Waals surface area contributed by atoms with Crippen molar-refractivity contribution in [3.8, 4) is 5.75 Å². The number of hydrogen-bond acceptors (Lipinski definition) is 3. The first kappa shape index (κ1) is 15.6. The Labute approximate surface area is 132 Å². The van der Waals surface area contributed by atoms with Crippen LogP contribution < -0.4 is 10.1 Å². The van der Waals surface area contributed by atoms with E-state index in [1.165, 1.54) is 0 Å². The molecule has 1 unspecified atom stereocenters. The quantitative estimate of drug-likeness (QED) is 0.917. The summed E-state index contributed by atoms with van der Waals surface area (Å²) in [6.45, 7) is 5.65. The van der Waals surface area contributed by atoms with Crippen LogP contribution in [-0.2, 0) is 4.79 Å². The highest BCUT2D eigenvalue weighted by Crippen LogP contribution is 2.24. The minimum atomic E-state index is -0.402. The summed E-state index contributed by atoms with van der Waals surface area (Å²) in [6, 6.07) is 6.86. The molecule has 0 saturated carbocycles. The van der Waals surface area contributed by atoms with Gasteiger partial charge in [0.25, 0.3) is 0 Å². The van der Waals surface area contributed by atoms with Gasteiger partial charge in [0.2, 0.25) is 5.91 Å². The zero-order valence-electron chi connectivity index (χ0n) is 12.5. The molecule has 1 heterocycles. The molecule has 0 bridgehead atoms. The maximum atomic E-state index is 12.4. The first-order valence-electron chi connectivity index (χ1n) is 6.60. The fourth-order valence-corrected chi connectivity index (χ4v) is 2.34. The SMILES string of the molecule is COc1cccc(NC(=O)C(C)n2nc(C)c(Br)c2C)c1. The molecule has 0 fully saturated rings. The van der Waals surface area contributed by atoms with Gasteiger partial charge in [-0.05, 0) is 48.8 Å². The number of benzene rings is 1. The summed E-state index contributed by atoms with van der Waals surface area (Å²) >= 11 is 3.47. The maximum Gasteiger partial charge on any atom is 0.248 e. The van der Waals surface area contributed by atoms with Gasteiger partial charge in [-0.25, -0.2) is 0 Å². The van der Waals surface area contributed by atoms with E-state index in [1.54, 1.807) is 17.9 Å². The minimum Gasteiger partial charge on any atom is -0.497 e. The number of carbonyl (C=O) groups excluding carboxylic acids is 1. The van der Waals surface area contributed by atoms with Crippen LogP contribution in [0.2, 0.25) is 0 Å². The number of aromatic nitrogens is 2. The Morgan fingerprint density at radius 3 is 2.71 bits per heavy atom. The third kappa shape index (κ3) is 3.26. The molecule has 0 spiro atoms. The third-order valence-corrected chi connectivity index (χ3v) is 4.47. The van der Waals surface area contributed by atoms with Crippen LogP contribution in [0.25, 0.3) is 0 Å². The lowest BCUT2D eigenvalue weighted by atomic mass is 10.2. The predicted octanol–water partition coefficient (Wildman–Crippen LogP) is 3.47. The van der Waals surface area contributed by atoms with Crippen molar-refractivity contribution < 1.29 is 9.53 Å². The fourth-order valence-electron chi connectivity index (χ4n) is 2.08. The average molecular weight is 352 g/mol. The number of amides is 1. The number of ether oxygens (including phenoxy) is 1. The second-order valence-electron chi connectivity index (χ2n) is 4.83. The van der Waals surface area contributed by atoms with Crippen LogP contribution in [0.3, 0.4) is 0 Å². The second-order valence-corrected chi connectivity index (χ2v) is 5.62. The largest absolute Gasteiger partial charge is 0.497 e. The van der Waals surface area contributed by atoms with Gasteiger partial charge in [0.1, 0.15) is 11.8 Å². The Kier molecular flexibility index (Phi) is 4.67. The molecular formula is C15H18BrN3O2. The van der Waals surface area contributed by atoms with E-state index in [-0.39, 0.29) is 5.91 Å². The van der Waals surface area contributed by atoms with Gasteiger partial charge in [-0.2, -0.15) is 5.10 Å². The molecule has 2 rings (SSSR count). The third-order valence-electron chi connectivity index (χ3n) is 3.32. The zero-order chi connectivity index (χ0) is 15.6. The van der Waals surface area contributed by atoms with E-state index in [1.807, 2.05) is 39.0 Å². The molecule has 1 amide bonds. The number of anilines is 1. The summed E-state index contributed by atoms with van der Waals surface area (Å²) in [6.07, 6.45) is 0. The number of aryl methyl sites for hydroxylation is 1. The lowest BCUT2D eigenvalue weighted by molar-refractivity contribution is -0.119. The van der Waals surface area contributed by atoms with E-state index >= 15 is 0 Å². The lowest BCUT2D eigenvalue weighted by Gasteiger charge is -2.15. The van der Waals surface area contributed by atoms with Gasteiger partial charge in [-0.15, -0.1) is 0 Å². The Morgan fingerprint density at radius 1 is 1.43 bits per heavy atom. The number of hydrogen-bond donors (Lipinski definition) is 1. The summed E-state index contributed by atoms with van der Waals surface area (Å²) in [5.41, 5.74) is 2.50. The Hall–Kier alpha value is -1.82. The van der Waals surface area contributed by atoms with Crippen LogP contribution in [0.4, 0.5) is 5.69 Å². The number of halogens is 1. The molecule has 0 radical (unpaired) electrons. The summed E-state index contributed by atoms with van der Waals surface area (Å²) in [7, 11) is 1.59. The first-order valence-corrected chi connectivity index (χ1v) is 7.39. The van der Waals surface area contributed by atoms with E-state index in [9.17, 15) is 4.79 Å². The number of nitrogens with one attached hydrogen (secondary N) is 1. The van der Waals surface area contributed by atoms with Crippen molar-refractivity contribution in [3.05, 3.63) is 40.1 Å². The lowest BCUT2D eigenvalue weighted by Crippen LogP contribution is -2.25. The fraction of sp³-hybridized carbons (Fsp3) is 0.333. The van der Waals surface area contributed by atoms with Crippen LogP contribution in [0.15, 0.2) is 28.7 Å². The highest BCUT2D eigenvalue weighted by atomic mass is 79.9. The van der Waals surface area contributed by atoms with Crippen LogP contribution in [-0.4, -0.2) is 22.8 Å².